The fourth-order valence-electron chi connectivity index (χ4n) is 1.70. The second kappa shape index (κ2) is 5.97. The van der Waals surface area contributed by atoms with Crippen molar-refractivity contribution < 1.29 is 14.6 Å². The topological polar surface area (TPSA) is 71.5 Å². The molecule has 0 aliphatic carbocycles. The number of nitrogens with one attached hydrogen (secondary N) is 1. The van der Waals surface area contributed by atoms with Crippen molar-refractivity contribution in [2.75, 3.05) is 12.4 Å². The number of aromatic nitrogens is 1. The summed E-state index contributed by atoms with van der Waals surface area (Å²) < 4.78 is 5.04. The van der Waals surface area contributed by atoms with Crippen molar-refractivity contribution in [3.05, 3.63) is 53.7 Å². The van der Waals surface area contributed by atoms with Crippen LogP contribution in [0.5, 0.6) is 5.88 Å². The summed E-state index contributed by atoms with van der Waals surface area (Å²) in [5.74, 6) is -0.0627. The van der Waals surface area contributed by atoms with Crippen LogP contribution in [0, 0.1) is 0 Å². The number of pyridine rings is 1. The van der Waals surface area contributed by atoms with E-state index in [4.69, 9.17) is 4.74 Å². The molecule has 0 aliphatic heterocycles. The van der Waals surface area contributed by atoms with E-state index in [1.807, 2.05) is 0 Å². The Bertz CT molecular complexity index is 584. The molecule has 2 N–H and O–H groups in total. The Labute approximate surface area is 110 Å². The molecular formula is C14H14N2O3. The molecule has 1 aromatic carbocycles. The summed E-state index contributed by atoms with van der Waals surface area (Å²) in [7, 11) is 1.46. The van der Waals surface area contributed by atoms with E-state index in [2.05, 4.69) is 10.3 Å². The van der Waals surface area contributed by atoms with Gasteiger partial charge in [-0.3, -0.25) is 4.79 Å². The minimum atomic E-state index is -0.328. The lowest BCUT2D eigenvalue weighted by Gasteiger charge is -2.10. The first-order chi connectivity index (χ1) is 9.26. The summed E-state index contributed by atoms with van der Waals surface area (Å²) in [4.78, 5) is 16.1. The van der Waals surface area contributed by atoms with Crippen LogP contribution < -0.4 is 10.1 Å². The van der Waals surface area contributed by atoms with E-state index in [9.17, 15) is 9.90 Å². The second-order valence-corrected chi connectivity index (χ2v) is 3.83. The molecule has 1 amide bonds. The zero-order chi connectivity index (χ0) is 13.7. The van der Waals surface area contributed by atoms with Gasteiger partial charge in [0.2, 0.25) is 5.88 Å². The monoisotopic (exact) mass is 258 g/mol. The fraction of sp³-hybridized carbons (Fsp3) is 0.143. The number of ether oxygens (including phenoxy) is 1. The predicted molar refractivity (Wildman–Crippen MR) is 71.1 cm³/mol. The van der Waals surface area contributed by atoms with Gasteiger partial charge in [-0.1, -0.05) is 18.2 Å². The van der Waals surface area contributed by atoms with E-state index < -0.39 is 0 Å². The highest BCUT2D eigenvalue weighted by molar-refractivity contribution is 6.06. The van der Waals surface area contributed by atoms with Gasteiger partial charge in [-0.25, -0.2) is 4.98 Å². The number of aliphatic hydroxyl groups excluding tert-OH is 1. The Kier molecular flexibility index (Phi) is 4.10. The summed E-state index contributed by atoms with van der Waals surface area (Å²) in [6, 6.07) is 10.3. The lowest BCUT2D eigenvalue weighted by atomic mass is 10.1. The number of benzene rings is 1. The van der Waals surface area contributed by atoms with Gasteiger partial charge in [0.1, 0.15) is 5.56 Å². The van der Waals surface area contributed by atoms with Crippen LogP contribution in [0.15, 0.2) is 42.6 Å². The van der Waals surface area contributed by atoms with Crippen molar-refractivity contribution in [2.45, 2.75) is 6.61 Å². The first-order valence-corrected chi connectivity index (χ1v) is 5.75. The van der Waals surface area contributed by atoms with Crippen molar-refractivity contribution in [3.8, 4) is 5.88 Å². The number of nitrogens with zero attached hydrogens (tertiary/aromatic N) is 1. The molecule has 1 aromatic heterocycles. The highest BCUT2D eigenvalue weighted by Crippen LogP contribution is 2.19. The minimum absolute atomic E-state index is 0.138. The van der Waals surface area contributed by atoms with Crippen LogP contribution in [-0.2, 0) is 6.61 Å². The van der Waals surface area contributed by atoms with Crippen molar-refractivity contribution in [3.63, 3.8) is 0 Å². The van der Waals surface area contributed by atoms with Gasteiger partial charge >= 0.3 is 0 Å². The number of hydrogen-bond donors (Lipinski definition) is 2. The van der Waals surface area contributed by atoms with Gasteiger partial charge in [-0.15, -0.1) is 0 Å². The number of aliphatic hydroxyl groups is 1. The SMILES string of the molecule is COc1ncccc1C(=O)Nc1ccccc1CO. The molecule has 19 heavy (non-hydrogen) atoms. The molecule has 2 aromatic rings. The molecule has 0 fully saturated rings. The Hall–Kier alpha value is -2.40. The standard InChI is InChI=1S/C14H14N2O3/c1-19-14-11(6-4-8-15-14)13(18)16-12-7-3-2-5-10(12)9-17/h2-8,17H,9H2,1H3,(H,16,18). The third kappa shape index (κ3) is 2.89. The Morgan fingerprint density at radius 1 is 1.32 bits per heavy atom. The number of amides is 1. The number of hydrogen-bond acceptors (Lipinski definition) is 4. The number of para-hydroxylation sites is 1. The number of methoxy groups -OCH3 is 1. The van der Waals surface area contributed by atoms with Crippen molar-refractivity contribution in [1.82, 2.24) is 4.98 Å². The molecule has 0 aliphatic rings. The van der Waals surface area contributed by atoms with E-state index in [1.54, 1.807) is 42.6 Å². The maximum absolute atomic E-state index is 12.1. The maximum Gasteiger partial charge on any atom is 0.261 e. The van der Waals surface area contributed by atoms with Crippen LogP contribution in [0.1, 0.15) is 15.9 Å². The van der Waals surface area contributed by atoms with E-state index in [1.165, 1.54) is 7.11 Å². The van der Waals surface area contributed by atoms with E-state index >= 15 is 0 Å². The lowest BCUT2D eigenvalue weighted by molar-refractivity contribution is 0.102. The van der Waals surface area contributed by atoms with Gasteiger partial charge < -0.3 is 15.2 Å². The van der Waals surface area contributed by atoms with Gasteiger partial charge in [0, 0.05) is 17.4 Å². The second-order valence-electron chi connectivity index (χ2n) is 3.83. The van der Waals surface area contributed by atoms with Crippen molar-refractivity contribution in [1.29, 1.82) is 0 Å². The fourth-order valence-corrected chi connectivity index (χ4v) is 1.70. The molecule has 0 spiro atoms. The molecule has 0 saturated carbocycles. The van der Waals surface area contributed by atoms with Crippen molar-refractivity contribution in [2.24, 2.45) is 0 Å². The third-order valence-electron chi connectivity index (χ3n) is 2.65. The zero-order valence-corrected chi connectivity index (χ0v) is 10.5. The lowest BCUT2D eigenvalue weighted by Crippen LogP contribution is -2.15. The normalized spacial score (nSPS) is 10.0. The summed E-state index contributed by atoms with van der Waals surface area (Å²) in [5.41, 5.74) is 1.57. The minimum Gasteiger partial charge on any atom is -0.480 e. The summed E-state index contributed by atoms with van der Waals surface area (Å²) in [6.07, 6.45) is 1.55. The van der Waals surface area contributed by atoms with E-state index in [0.29, 0.717) is 16.8 Å². The van der Waals surface area contributed by atoms with Crippen molar-refractivity contribution >= 4 is 11.6 Å². The Morgan fingerprint density at radius 2 is 2.11 bits per heavy atom. The summed E-state index contributed by atoms with van der Waals surface area (Å²) in [5, 5.41) is 11.9. The summed E-state index contributed by atoms with van der Waals surface area (Å²) in [6.45, 7) is -0.138. The first kappa shape index (κ1) is 13.0. The van der Waals surface area contributed by atoms with Gasteiger partial charge in [0.05, 0.1) is 13.7 Å². The molecule has 5 nitrogen and oxygen atoms in total. The Morgan fingerprint density at radius 3 is 2.84 bits per heavy atom. The van der Waals surface area contributed by atoms with Crippen LogP contribution in [0.3, 0.4) is 0 Å². The highest BCUT2D eigenvalue weighted by atomic mass is 16.5. The van der Waals surface area contributed by atoms with Gasteiger partial charge in [0.15, 0.2) is 0 Å². The number of rotatable bonds is 4. The van der Waals surface area contributed by atoms with Crippen LogP contribution in [0.2, 0.25) is 0 Å². The average Bonchev–Trinajstić information content (AvgIpc) is 2.47. The number of carbonyl (C=O) groups excluding carboxylic acids is 1. The number of carbonyl (C=O) groups is 1. The molecule has 2 rings (SSSR count). The highest BCUT2D eigenvalue weighted by Gasteiger charge is 2.14. The Balaban J connectivity index is 2.26. The molecule has 0 radical (unpaired) electrons. The number of anilines is 1. The zero-order valence-electron chi connectivity index (χ0n) is 10.5. The molecule has 1 heterocycles. The molecular weight excluding hydrogens is 244 g/mol. The maximum atomic E-state index is 12.1. The molecule has 98 valence electrons. The molecule has 0 atom stereocenters. The van der Waals surface area contributed by atoms with E-state index in [0.717, 1.165) is 0 Å². The third-order valence-corrected chi connectivity index (χ3v) is 2.65. The van der Waals surface area contributed by atoms with Crippen LogP contribution >= 0.6 is 0 Å². The van der Waals surface area contributed by atoms with Crippen LogP contribution in [0.4, 0.5) is 5.69 Å². The molecule has 0 saturated heterocycles. The van der Waals surface area contributed by atoms with Crippen LogP contribution in [-0.4, -0.2) is 23.1 Å². The average molecular weight is 258 g/mol. The molecule has 0 unspecified atom stereocenters. The first-order valence-electron chi connectivity index (χ1n) is 5.75. The molecule has 5 heteroatoms. The quantitative estimate of drug-likeness (QED) is 0.877. The van der Waals surface area contributed by atoms with Gasteiger partial charge in [0.25, 0.3) is 5.91 Å². The van der Waals surface area contributed by atoms with Gasteiger partial charge in [-0.2, -0.15) is 0 Å². The van der Waals surface area contributed by atoms with Crippen LogP contribution in [0.25, 0.3) is 0 Å². The molecule has 0 bridgehead atoms. The van der Waals surface area contributed by atoms with E-state index in [-0.39, 0.29) is 18.4 Å². The smallest absolute Gasteiger partial charge is 0.261 e. The van der Waals surface area contributed by atoms with Gasteiger partial charge in [-0.05, 0) is 18.2 Å². The summed E-state index contributed by atoms with van der Waals surface area (Å²) >= 11 is 0. The largest absolute Gasteiger partial charge is 0.480 e. The predicted octanol–water partition coefficient (Wildman–Crippen LogP) is 1.83.